The SMILES string of the molecule is CS(=O)(=NC#N)C1CCC(c2ccc(Cl)nc2)C1. The number of hydrogen-bond acceptors (Lipinski definition) is 4. The van der Waals surface area contributed by atoms with Crippen molar-refractivity contribution >= 4 is 21.3 Å². The lowest BCUT2D eigenvalue weighted by atomic mass is 10.00. The van der Waals surface area contributed by atoms with Crippen LogP contribution in [0.5, 0.6) is 0 Å². The molecule has 0 bridgehead atoms. The molecule has 1 fully saturated rings. The summed E-state index contributed by atoms with van der Waals surface area (Å²) in [6.45, 7) is 0. The number of hydrogen-bond donors (Lipinski definition) is 0. The van der Waals surface area contributed by atoms with Gasteiger partial charge in [-0.2, -0.15) is 5.26 Å². The number of nitriles is 1. The van der Waals surface area contributed by atoms with Gasteiger partial charge in [0.2, 0.25) is 6.19 Å². The zero-order valence-corrected chi connectivity index (χ0v) is 11.6. The molecule has 18 heavy (non-hydrogen) atoms. The van der Waals surface area contributed by atoms with Gasteiger partial charge in [-0.25, -0.2) is 9.19 Å². The van der Waals surface area contributed by atoms with Crippen molar-refractivity contribution in [3.8, 4) is 6.19 Å². The highest BCUT2D eigenvalue weighted by Gasteiger charge is 2.31. The lowest BCUT2D eigenvalue weighted by Gasteiger charge is -2.12. The molecule has 0 spiro atoms. The highest BCUT2D eigenvalue weighted by Crippen LogP contribution is 2.37. The highest BCUT2D eigenvalue weighted by atomic mass is 35.5. The maximum absolute atomic E-state index is 12.2. The van der Waals surface area contributed by atoms with Crippen LogP contribution in [-0.4, -0.2) is 20.7 Å². The third-order valence-electron chi connectivity index (χ3n) is 3.45. The zero-order chi connectivity index (χ0) is 13.2. The average Bonchev–Trinajstić information content (AvgIpc) is 2.80. The van der Waals surface area contributed by atoms with E-state index in [2.05, 4.69) is 9.35 Å². The van der Waals surface area contributed by atoms with E-state index in [1.54, 1.807) is 24.7 Å². The molecule has 2 rings (SSSR count). The Morgan fingerprint density at radius 3 is 2.94 bits per heavy atom. The number of pyridine rings is 1. The van der Waals surface area contributed by atoms with Crippen molar-refractivity contribution in [3.05, 3.63) is 29.0 Å². The van der Waals surface area contributed by atoms with Crippen LogP contribution in [-0.2, 0) is 9.73 Å². The van der Waals surface area contributed by atoms with Gasteiger partial charge in [-0.3, -0.25) is 0 Å². The van der Waals surface area contributed by atoms with Crippen LogP contribution in [0.3, 0.4) is 0 Å². The van der Waals surface area contributed by atoms with Crippen LogP contribution >= 0.6 is 11.6 Å². The minimum absolute atomic E-state index is 0.00201. The molecule has 0 N–H and O–H groups in total. The van der Waals surface area contributed by atoms with Crippen LogP contribution in [0.2, 0.25) is 5.15 Å². The van der Waals surface area contributed by atoms with Gasteiger partial charge >= 0.3 is 0 Å². The molecule has 0 amide bonds. The summed E-state index contributed by atoms with van der Waals surface area (Å²) in [5.74, 6) is 0.342. The molecule has 1 saturated carbocycles. The van der Waals surface area contributed by atoms with Crippen molar-refractivity contribution in [2.24, 2.45) is 4.36 Å². The Labute approximate surface area is 112 Å². The molecule has 0 aliphatic heterocycles. The van der Waals surface area contributed by atoms with E-state index in [0.29, 0.717) is 11.1 Å². The standard InChI is InChI=1S/C12H14ClN3OS/c1-18(17,16-8-14)11-4-2-9(6-11)10-3-5-12(13)15-7-10/h3,5,7,9,11H,2,4,6H2,1H3. The van der Waals surface area contributed by atoms with Gasteiger partial charge in [0.05, 0.1) is 9.73 Å². The molecule has 3 atom stereocenters. The van der Waals surface area contributed by atoms with E-state index < -0.39 is 9.73 Å². The first-order valence-corrected chi connectivity index (χ1v) is 8.10. The molecule has 1 aliphatic rings. The van der Waals surface area contributed by atoms with Crippen molar-refractivity contribution in [2.45, 2.75) is 30.4 Å². The predicted molar refractivity (Wildman–Crippen MR) is 71.7 cm³/mol. The summed E-state index contributed by atoms with van der Waals surface area (Å²) in [7, 11) is -2.39. The smallest absolute Gasteiger partial charge is 0.214 e. The minimum Gasteiger partial charge on any atom is -0.249 e. The van der Waals surface area contributed by atoms with Gasteiger partial charge < -0.3 is 0 Å². The molecule has 0 saturated heterocycles. The molecule has 96 valence electrons. The van der Waals surface area contributed by atoms with Crippen molar-refractivity contribution in [2.75, 3.05) is 6.26 Å². The van der Waals surface area contributed by atoms with Gasteiger partial charge in [-0.1, -0.05) is 17.7 Å². The van der Waals surface area contributed by atoms with Crippen LogP contribution < -0.4 is 0 Å². The fraction of sp³-hybridized carbons (Fsp3) is 0.500. The number of aromatic nitrogens is 1. The second-order valence-electron chi connectivity index (χ2n) is 4.60. The van der Waals surface area contributed by atoms with Gasteiger partial charge in [0.15, 0.2) is 0 Å². The van der Waals surface area contributed by atoms with Crippen LogP contribution in [0.25, 0.3) is 0 Å². The van der Waals surface area contributed by atoms with Crippen molar-refractivity contribution in [1.29, 1.82) is 5.26 Å². The van der Waals surface area contributed by atoms with Crippen molar-refractivity contribution < 1.29 is 4.21 Å². The zero-order valence-electron chi connectivity index (χ0n) is 10.0. The Morgan fingerprint density at radius 2 is 2.33 bits per heavy atom. The number of nitrogens with zero attached hydrogens (tertiary/aromatic N) is 3. The van der Waals surface area contributed by atoms with E-state index in [9.17, 15) is 4.21 Å². The first-order chi connectivity index (χ1) is 8.53. The van der Waals surface area contributed by atoms with E-state index in [1.165, 1.54) is 0 Å². The van der Waals surface area contributed by atoms with Gasteiger partial charge in [0.25, 0.3) is 0 Å². The minimum atomic E-state index is -2.39. The summed E-state index contributed by atoms with van der Waals surface area (Å²) in [6.07, 6.45) is 7.61. The average molecular weight is 284 g/mol. The third-order valence-corrected chi connectivity index (χ3v) is 5.78. The molecule has 1 aromatic heterocycles. The molecule has 6 heteroatoms. The van der Waals surface area contributed by atoms with E-state index in [1.807, 2.05) is 6.07 Å². The summed E-state index contributed by atoms with van der Waals surface area (Å²) >= 11 is 5.75. The Bertz CT molecular complexity index is 584. The monoisotopic (exact) mass is 283 g/mol. The quantitative estimate of drug-likeness (QED) is 0.619. The van der Waals surface area contributed by atoms with Crippen LogP contribution in [0.1, 0.15) is 30.7 Å². The van der Waals surface area contributed by atoms with Gasteiger partial charge in [-0.15, -0.1) is 4.36 Å². The fourth-order valence-electron chi connectivity index (χ4n) is 2.42. The maximum atomic E-state index is 12.2. The topological polar surface area (TPSA) is 66.1 Å². The highest BCUT2D eigenvalue weighted by molar-refractivity contribution is 7.93. The van der Waals surface area contributed by atoms with E-state index >= 15 is 0 Å². The molecule has 1 aromatic rings. The summed E-state index contributed by atoms with van der Waals surface area (Å²) < 4.78 is 15.8. The van der Waals surface area contributed by atoms with Gasteiger partial charge in [0, 0.05) is 17.7 Å². The largest absolute Gasteiger partial charge is 0.249 e. The third kappa shape index (κ3) is 2.82. The summed E-state index contributed by atoms with van der Waals surface area (Å²) in [5, 5.41) is 9.03. The second-order valence-corrected chi connectivity index (χ2v) is 7.56. The molecule has 0 aromatic carbocycles. The summed E-state index contributed by atoms with van der Waals surface area (Å²) in [5.41, 5.74) is 1.12. The van der Waals surface area contributed by atoms with Gasteiger partial charge in [-0.05, 0) is 36.8 Å². The maximum Gasteiger partial charge on any atom is 0.214 e. The van der Waals surface area contributed by atoms with Crippen LogP contribution in [0, 0.1) is 11.5 Å². The predicted octanol–water partition coefficient (Wildman–Crippen LogP) is 2.95. The molecule has 3 unspecified atom stereocenters. The lowest BCUT2D eigenvalue weighted by Crippen LogP contribution is -2.15. The Balaban J connectivity index is 2.15. The van der Waals surface area contributed by atoms with Crippen LogP contribution in [0.15, 0.2) is 22.7 Å². The summed E-state index contributed by atoms with van der Waals surface area (Å²) in [4.78, 5) is 4.07. The number of rotatable bonds is 2. The Morgan fingerprint density at radius 1 is 1.56 bits per heavy atom. The molecule has 1 heterocycles. The first-order valence-electron chi connectivity index (χ1n) is 5.73. The fourth-order valence-corrected chi connectivity index (χ4v) is 4.01. The second kappa shape index (κ2) is 5.25. The number of halogens is 1. The normalized spacial score (nSPS) is 26.3. The van der Waals surface area contributed by atoms with E-state index in [-0.39, 0.29) is 5.25 Å². The van der Waals surface area contributed by atoms with Gasteiger partial charge in [0.1, 0.15) is 5.15 Å². The molecular formula is C12H14ClN3OS. The lowest BCUT2D eigenvalue weighted by molar-refractivity contribution is 0.663. The Kier molecular flexibility index (Phi) is 3.88. The molecule has 0 radical (unpaired) electrons. The molecular weight excluding hydrogens is 270 g/mol. The van der Waals surface area contributed by atoms with E-state index in [4.69, 9.17) is 16.9 Å². The van der Waals surface area contributed by atoms with Crippen molar-refractivity contribution in [1.82, 2.24) is 4.98 Å². The Hall–Kier alpha value is -1.12. The van der Waals surface area contributed by atoms with E-state index in [0.717, 1.165) is 24.8 Å². The van der Waals surface area contributed by atoms with Crippen molar-refractivity contribution in [3.63, 3.8) is 0 Å². The molecule has 4 nitrogen and oxygen atoms in total. The summed E-state index contributed by atoms with van der Waals surface area (Å²) in [6, 6.07) is 3.73. The van der Waals surface area contributed by atoms with Crippen LogP contribution in [0.4, 0.5) is 0 Å². The molecule has 1 aliphatic carbocycles. The first kappa shape index (κ1) is 13.3.